The molecule has 31 heavy (non-hydrogen) atoms. The lowest BCUT2D eigenvalue weighted by Gasteiger charge is -2.40. The fourth-order valence-electron chi connectivity index (χ4n) is 5.47. The van der Waals surface area contributed by atoms with Crippen LogP contribution in [0.15, 0.2) is 24.3 Å². The van der Waals surface area contributed by atoms with Crippen molar-refractivity contribution in [2.75, 3.05) is 39.3 Å². The average Bonchev–Trinajstić information content (AvgIpc) is 3.48. The molecule has 3 aliphatic rings. The van der Waals surface area contributed by atoms with Crippen molar-refractivity contribution < 1.29 is 9.59 Å². The topological polar surface area (TPSA) is 61.7 Å². The van der Waals surface area contributed by atoms with Crippen LogP contribution < -0.4 is 0 Å². The van der Waals surface area contributed by atoms with Crippen LogP contribution in [0.5, 0.6) is 0 Å². The van der Waals surface area contributed by atoms with Crippen LogP contribution in [0.3, 0.4) is 0 Å². The summed E-state index contributed by atoms with van der Waals surface area (Å²) < 4.78 is 1.73. The van der Waals surface area contributed by atoms with E-state index in [0.717, 1.165) is 62.8 Å². The second kappa shape index (κ2) is 8.99. The van der Waals surface area contributed by atoms with Gasteiger partial charge in [-0.3, -0.25) is 14.3 Å². The Bertz CT molecular complexity index is 935. The molecule has 0 spiro atoms. The highest BCUT2D eigenvalue weighted by Gasteiger charge is 2.29. The summed E-state index contributed by atoms with van der Waals surface area (Å²) in [4.78, 5) is 32.6. The standard InChI is InChI=1S/C24H33N5O2/c30-22(27-16-10-19(11-17-27)26-12-4-1-5-13-26)18-29-21-9-3-2-8-20(21)23(25-29)24(31)28-14-6-7-15-28/h2-3,8-9,19H,1,4-7,10-18H2. The lowest BCUT2D eigenvalue weighted by molar-refractivity contribution is -0.133. The molecule has 0 atom stereocenters. The minimum absolute atomic E-state index is 0.0118. The summed E-state index contributed by atoms with van der Waals surface area (Å²) in [5.74, 6) is 0.0905. The molecule has 2 aromatic rings. The van der Waals surface area contributed by atoms with E-state index in [1.54, 1.807) is 4.68 Å². The van der Waals surface area contributed by atoms with Gasteiger partial charge in [0.1, 0.15) is 6.54 Å². The number of para-hydroxylation sites is 1. The summed E-state index contributed by atoms with van der Waals surface area (Å²) in [6.45, 7) is 5.85. The summed E-state index contributed by atoms with van der Waals surface area (Å²) in [6, 6.07) is 8.40. The minimum atomic E-state index is -0.0118. The van der Waals surface area contributed by atoms with Gasteiger partial charge in [0, 0.05) is 37.6 Å². The number of hydrogen-bond donors (Lipinski definition) is 0. The van der Waals surface area contributed by atoms with E-state index in [-0.39, 0.29) is 18.4 Å². The van der Waals surface area contributed by atoms with Crippen LogP contribution in [0.2, 0.25) is 0 Å². The number of rotatable bonds is 4. The molecule has 0 unspecified atom stereocenters. The molecule has 1 aromatic carbocycles. The summed E-state index contributed by atoms with van der Waals surface area (Å²) in [6.07, 6.45) is 8.20. The molecule has 2 amide bonds. The second-order valence-electron chi connectivity index (χ2n) is 9.23. The first kappa shape index (κ1) is 20.5. The Morgan fingerprint density at radius 2 is 1.52 bits per heavy atom. The Kier molecular flexibility index (Phi) is 5.94. The van der Waals surface area contributed by atoms with Gasteiger partial charge < -0.3 is 14.7 Å². The average molecular weight is 424 g/mol. The number of fused-ring (bicyclic) bond motifs is 1. The molecule has 4 heterocycles. The van der Waals surface area contributed by atoms with Crippen molar-refractivity contribution in [3.63, 3.8) is 0 Å². The number of hydrogen-bond acceptors (Lipinski definition) is 4. The first-order chi connectivity index (χ1) is 15.2. The van der Waals surface area contributed by atoms with E-state index in [0.29, 0.717) is 11.7 Å². The highest BCUT2D eigenvalue weighted by molar-refractivity contribution is 6.05. The predicted octanol–water partition coefficient (Wildman–Crippen LogP) is 2.75. The molecule has 0 N–H and O–H groups in total. The van der Waals surface area contributed by atoms with Crippen molar-refractivity contribution >= 4 is 22.7 Å². The van der Waals surface area contributed by atoms with E-state index in [1.807, 2.05) is 34.1 Å². The Hall–Kier alpha value is -2.41. The number of benzene rings is 1. The molecule has 0 bridgehead atoms. The zero-order valence-electron chi connectivity index (χ0n) is 18.3. The second-order valence-corrected chi connectivity index (χ2v) is 9.23. The van der Waals surface area contributed by atoms with E-state index >= 15 is 0 Å². The number of aromatic nitrogens is 2. The third kappa shape index (κ3) is 4.20. The Balaban J connectivity index is 1.27. The minimum Gasteiger partial charge on any atom is -0.341 e. The van der Waals surface area contributed by atoms with E-state index in [9.17, 15) is 9.59 Å². The van der Waals surface area contributed by atoms with Gasteiger partial charge in [-0.2, -0.15) is 5.10 Å². The summed E-state index contributed by atoms with van der Waals surface area (Å²) >= 11 is 0. The molecule has 1 aromatic heterocycles. The first-order valence-corrected chi connectivity index (χ1v) is 12.0. The smallest absolute Gasteiger partial charge is 0.275 e. The van der Waals surface area contributed by atoms with Gasteiger partial charge in [0.25, 0.3) is 5.91 Å². The maximum absolute atomic E-state index is 13.1. The van der Waals surface area contributed by atoms with Crippen LogP contribution in [0.25, 0.3) is 10.9 Å². The van der Waals surface area contributed by atoms with Crippen LogP contribution in [-0.4, -0.2) is 81.6 Å². The normalized spacial score (nSPS) is 21.2. The fourth-order valence-corrected chi connectivity index (χ4v) is 5.47. The van der Waals surface area contributed by atoms with E-state index in [4.69, 9.17) is 0 Å². The zero-order chi connectivity index (χ0) is 21.2. The van der Waals surface area contributed by atoms with E-state index in [1.165, 1.54) is 32.4 Å². The molecule has 3 aliphatic heterocycles. The van der Waals surface area contributed by atoms with Gasteiger partial charge in [-0.25, -0.2) is 0 Å². The molecule has 0 saturated carbocycles. The zero-order valence-corrected chi connectivity index (χ0v) is 18.3. The van der Waals surface area contributed by atoms with Crippen LogP contribution in [0.4, 0.5) is 0 Å². The SMILES string of the molecule is O=C(Cn1nc(C(=O)N2CCCC2)c2ccccc21)N1CCC(N2CCCCC2)CC1. The number of carbonyl (C=O) groups excluding carboxylic acids is 2. The van der Waals surface area contributed by atoms with Gasteiger partial charge >= 0.3 is 0 Å². The van der Waals surface area contributed by atoms with E-state index in [2.05, 4.69) is 10.00 Å². The number of amides is 2. The lowest BCUT2D eigenvalue weighted by Crippen LogP contribution is -2.48. The maximum atomic E-state index is 13.1. The van der Waals surface area contributed by atoms with Crippen LogP contribution in [0, 0.1) is 0 Å². The number of piperidine rings is 2. The Morgan fingerprint density at radius 3 is 2.26 bits per heavy atom. The van der Waals surface area contributed by atoms with Gasteiger partial charge in [0.15, 0.2) is 5.69 Å². The molecule has 0 radical (unpaired) electrons. The largest absolute Gasteiger partial charge is 0.341 e. The van der Waals surface area contributed by atoms with E-state index < -0.39 is 0 Å². The molecule has 3 fully saturated rings. The van der Waals surface area contributed by atoms with Crippen LogP contribution in [0.1, 0.15) is 55.4 Å². The quantitative estimate of drug-likeness (QED) is 0.759. The molecule has 7 nitrogen and oxygen atoms in total. The third-order valence-corrected chi connectivity index (χ3v) is 7.26. The summed E-state index contributed by atoms with van der Waals surface area (Å²) in [5.41, 5.74) is 1.34. The molecular formula is C24H33N5O2. The van der Waals surface area contributed by atoms with Gasteiger partial charge in [-0.15, -0.1) is 0 Å². The van der Waals surface area contributed by atoms with Crippen molar-refractivity contribution in [3.8, 4) is 0 Å². The predicted molar refractivity (Wildman–Crippen MR) is 120 cm³/mol. The molecule has 7 heteroatoms. The third-order valence-electron chi connectivity index (χ3n) is 7.26. The fraction of sp³-hybridized carbons (Fsp3) is 0.625. The van der Waals surface area contributed by atoms with Crippen molar-refractivity contribution in [2.45, 2.75) is 57.5 Å². The maximum Gasteiger partial charge on any atom is 0.275 e. The van der Waals surface area contributed by atoms with Gasteiger partial charge in [-0.1, -0.05) is 24.6 Å². The summed E-state index contributed by atoms with van der Waals surface area (Å²) in [7, 11) is 0. The molecule has 166 valence electrons. The van der Waals surface area contributed by atoms with Crippen molar-refractivity contribution in [1.82, 2.24) is 24.5 Å². The molecule has 5 rings (SSSR count). The lowest BCUT2D eigenvalue weighted by atomic mass is 10.00. The van der Waals surface area contributed by atoms with Gasteiger partial charge in [0.05, 0.1) is 5.52 Å². The summed E-state index contributed by atoms with van der Waals surface area (Å²) in [5, 5.41) is 5.47. The van der Waals surface area contributed by atoms with Crippen molar-refractivity contribution in [3.05, 3.63) is 30.0 Å². The molecular weight excluding hydrogens is 390 g/mol. The van der Waals surface area contributed by atoms with Crippen molar-refractivity contribution in [2.24, 2.45) is 0 Å². The van der Waals surface area contributed by atoms with Gasteiger partial charge in [-0.05, 0) is 57.7 Å². The monoisotopic (exact) mass is 423 g/mol. The van der Waals surface area contributed by atoms with Crippen molar-refractivity contribution in [1.29, 1.82) is 0 Å². The number of nitrogens with zero attached hydrogens (tertiary/aromatic N) is 5. The number of carbonyl (C=O) groups is 2. The molecule has 3 saturated heterocycles. The first-order valence-electron chi connectivity index (χ1n) is 12.0. The van der Waals surface area contributed by atoms with Crippen LogP contribution in [-0.2, 0) is 11.3 Å². The number of likely N-dealkylation sites (tertiary alicyclic amines) is 3. The van der Waals surface area contributed by atoms with Gasteiger partial charge in [0.2, 0.25) is 5.91 Å². The Labute approximate surface area is 184 Å². The van der Waals surface area contributed by atoms with Crippen LogP contribution >= 0.6 is 0 Å². The molecule has 0 aliphatic carbocycles. The highest BCUT2D eigenvalue weighted by Crippen LogP contribution is 2.24. The highest BCUT2D eigenvalue weighted by atomic mass is 16.2. The Morgan fingerprint density at radius 1 is 0.839 bits per heavy atom.